The predicted molar refractivity (Wildman–Crippen MR) is 129 cm³/mol. The fourth-order valence-corrected chi connectivity index (χ4v) is 4.06. The first kappa shape index (κ1) is 20.1. The molecule has 0 saturated carbocycles. The molecule has 0 spiro atoms. The molecule has 7 heteroatoms. The summed E-state index contributed by atoms with van der Waals surface area (Å²) < 4.78 is 2.75. The van der Waals surface area contributed by atoms with Crippen LogP contribution < -0.4 is 0 Å². The zero-order chi connectivity index (χ0) is 22.2. The molecule has 5 aromatic rings. The van der Waals surface area contributed by atoms with E-state index in [1.54, 1.807) is 16.8 Å². The molecule has 6 nitrogen and oxygen atoms in total. The Balaban J connectivity index is 1.79. The molecule has 156 valence electrons. The molecule has 0 saturated heterocycles. The predicted octanol–water partition coefficient (Wildman–Crippen LogP) is 6.73. The van der Waals surface area contributed by atoms with Crippen molar-refractivity contribution in [2.75, 3.05) is 0 Å². The van der Waals surface area contributed by atoms with E-state index in [0.29, 0.717) is 11.3 Å². The fourth-order valence-electron chi connectivity index (χ4n) is 3.80. The normalized spacial score (nSPS) is 11.1. The van der Waals surface area contributed by atoms with Crippen LogP contribution in [0.5, 0.6) is 0 Å². The minimum atomic E-state index is -0.409. The van der Waals surface area contributed by atoms with Crippen molar-refractivity contribution in [3.05, 3.63) is 105 Å². The molecule has 0 N–H and O–H groups in total. The van der Waals surface area contributed by atoms with E-state index in [9.17, 15) is 10.1 Å². The van der Waals surface area contributed by atoms with Gasteiger partial charge in [0.15, 0.2) is 5.65 Å². The van der Waals surface area contributed by atoms with Gasteiger partial charge in [0.25, 0.3) is 5.69 Å². The van der Waals surface area contributed by atoms with Gasteiger partial charge in [-0.05, 0) is 48.4 Å². The molecule has 2 aromatic heterocycles. The summed E-state index contributed by atoms with van der Waals surface area (Å²) in [4.78, 5) is 15.6. The summed E-state index contributed by atoms with van der Waals surface area (Å²) in [5, 5.41) is 16.8. The van der Waals surface area contributed by atoms with Crippen LogP contribution in [0.25, 0.3) is 39.1 Å². The van der Waals surface area contributed by atoms with E-state index in [2.05, 4.69) is 34.1 Å². The van der Waals surface area contributed by atoms with Gasteiger partial charge in [0.05, 0.1) is 27.4 Å². The van der Waals surface area contributed by atoms with Crippen molar-refractivity contribution in [2.45, 2.75) is 6.92 Å². The Bertz CT molecular complexity index is 1440. The number of nitro benzene ring substituents is 1. The van der Waals surface area contributed by atoms with Gasteiger partial charge in [0.2, 0.25) is 0 Å². The van der Waals surface area contributed by atoms with Crippen LogP contribution in [0.1, 0.15) is 5.69 Å². The van der Waals surface area contributed by atoms with Crippen molar-refractivity contribution in [1.29, 1.82) is 0 Å². The average Bonchev–Trinajstić information content (AvgIpc) is 3.16. The van der Waals surface area contributed by atoms with Gasteiger partial charge in [-0.2, -0.15) is 5.10 Å². The number of aryl methyl sites for hydroxylation is 1. The summed E-state index contributed by atoms with van der Waals surface area (Å²) in [7, 11) is 0. The van der Waals surface area contributed by atoms with E-state index in [-0.39, 0.29) is 5.69 Å². The lowest BCUT2D eigenvalue weighted by molar-refractivity contribution is -0.384. The molecule has 0 unspecified atom stereocenters. The number of fused-ring (bicyclic) bond motifs is 1. The molecule has 0 atom stereocenters. The molecule has 0 radical (unpaired) electrons. The van der Waals surface area contributed by atoms with Gasteiger partial charge in [-0.15, -0.1) is 0 Å². The number of hydrogen-bond donors (Lipinski definition) is 0. The number of rotatable bonds is 4. The van der Waals surface area contributed by atoms with Crippen LogP contribution in [-0.4, -0.2) is 19.7 Å². The number of nitrogens with zero attached hydrogens (tertiary/aromatic N) is 4. The summed E-state index contributed by atoms with van der Waals surface area (Å²) in [6.45, 7) is 1.96. The standard InChI is InChI=1S/C25H17BrN4O2/c1-16-24-22(17-5-3-2-4-6-17)15-23(18-7-9-19(26)10-8-18)27-25(24)29(28-16)20-11-13-21(14-12-20)30(31)32/h2-15H,1H3. The molecule has 5 rings (SSSR count). The molecule has 0 aliphatic heterocycles. The first-order valence-electron chi connectivity index (χ1n) is 9.98. The first-order chi connectivity index (χ1) is 15.5. The van der Waals surface area contributed by atoms with E-state index in [0.717, 1.165) is 37.9 Å². The quantitative estimate of drug-likeness (QED) is 0.209. The third-order valence-corrected chi connectivity index (χ3v) is 5.87. The molecule has 0 aliphatic rings. The van der Waals surface area contributed by atoms with Crippen molar-refractivity contribution in [1.82, 2.24) is 14.8 Å². The number of halogens is 1. The lowest BCUT2D eigenvalue weighted by Gasteiger charge is -2.10. The third kappa shape index (κ3) is 3.56. The summed E-state index contributed by atoms with van der Waals surface area (Å²) in [5.74, 6) is 0. The number of benzene rings is 3. The molecule has 0 aliphatic carbocycles. The van der Waals surface area contributed by atoms with Crippen LogP contribution in [0.15, 0.2) is 89.4 Å². The highest BCUT2D eigenvalue weighted by molar-refractivity contribution is 9.10. The number of nitro groups is 1. The van der Waals surface area contributed by atoms with Crippen molar-refractivity contribution in [3.8, 4) is 28.1 Å². The highest BCUT2D eigenvalue weighted by atomic mass is 79.9. The molecular formula is C25H17BrN4O2. The van der Waals surface area contributed by atoms with Gasteiger partial charge in [-0.3, -0.25) is 10.1 Å². The van der Waals surface area contributed by atoms with Crippen LogP contribution in [0.2, 0.25) is 0 Å². The summed E-state index contributed by atoms with van der Waals surface area (Å²) in [5.41, 5.74) is 6.23. The average molecular weight is 485 g/mol. The van der Waals surface area contributed by atoms with E-state index in [4.69, 9.17) is 10.1 Å². The number of non-ortho nitro benzene ring substituents is 1. The van der Waals surface area contributed by atoms with Crippen LogP contribution in [0.3, 0.4) is 0 Å². The van der Waals surface area contributed by atoms with Crippen molar-refractivity contribution < 1.29 is 4.92 Å². The molecule has 0 bridgehead atoms. The van der Waals surface area contributed by atoms with Gasteiger partial charge >= 0.3 is 0 Å². The highest BCUT2D eigenvalue weighted by Gasteiger charge is 2.18. The van der Waals surface area contributed by atoms with Crippen LogP contribution in [0.4, 0.5) is 5.69 Å². The summed E-state index contributed by atoms with van der Waals surface area (Å²) in [6, 6.07) is 26.6. The Hall–Kier alpha value is -3.84. The Labute approximate surface area is 192 Å². The van der Waals surface area contributed by atoms with E-state index in [1.807, 2.05) is 49.4 Å². The smallest absolute Gasteiger partial charge is 0.258 e. The number of aromatic nitrogens is 3. The molecule has 2 heterocycles. The Morgan fingerprint density at radius 3 is 2.25 bits per heavy atom. The highest BCUT2D eigenvalue weighted by Crippen LogP contribution is 2.35. The van der Waals surface area contributed by atoms with Crippen molar-refractivity contribution >= 4 is 32.7 Å². The largest absolute Gasteiger partial charge is 0.269 e. The Morgan fingerprint density at radius 1 is 0.906 bits per heavy atom. The molecule has 32 heavy (non-hydrogen) atoms. The van der Waals surface area contributed by atoms with E-state index < -0.39 is 4.92 Å². The maximum Gasteiger partial charge on any atom is 0.269 e. The summed E-state index contributed by atoms with van der Waals surface area (Å²) in [6.07, 6.45) is 0. The van der Waals surface area contributed by atoms with Gasteiger partial charge in [-0.1, -0.05) is 58.4 Å². The monoisotopic (exact) mass is 484 g/mol. The minimum absolute atomic E-state index is 0.0374. The second-order valence-corrected chi connectivity index (χ2v) is 8.31. The van der Waals surface area contributed by atoms with E-state index in [1.165, 1.54) is 12.1 Å². The first-order valence-corrected chi connectivity index (χ1v) is 10.8. The molecule has 3 aromatic carbocycles. The zero-order valence-corrected chi connectivity index (χ0v) is 18.7. The van der Waals surface area contributed by atoms with Crippen molar-refractivity contribution in [3.63, 3.8) is 0 Å². The molecular weight excluding hydrogens is 468 g/mol. The Morgan fingerprint density at radius 2 is 1.59 bits per heavy atom. The van der Waals surface area contributed by atoms with Gasteiger partial charge in [-0.25, -0.2) is 9.67 Å². The fraction of sp³-hybridized carbons (Fsp3) is 0.0400. The summed E-state index contributed by atoms with van der Waals surface area (Å²) >= 11 is 3.49. The van der Waals surface area contributed by atoms with Gasteiger partial charge in [0, 0.05) is 22.2 Å². The molecule has 0 fully saturated rings. The van der Waals surface area contributed by atoms with E-state index >= 15 is 0 Å². The lowest BCUT2D eigenvalue weighted by atomic mass is 9.99. The van der Waals surface area contributed by atoms with Crippen LogP contribution >= 0.6 is 15.9 Å². The second kappa shape index (κ2) is 8.01. The Kier molecular flexibility index (Phi) is 5.03. The van der Waals surface area contributed by atoms with Crippen LogP contribution in [0, 0.1) is 17.0 Å². The lowest BCUT2D eigenvalue weighted by Crippen LogP contribution is -1.99. The number of hydrogen-bond acceptors (Lipinski definition) is 4. The van der Waals surface area contributed by atoms with Gasteiger partial charge in [0.1, 0.15) is 0 Å². The number of pyridine rings is 1. The third-order valence-electron chi connectivity index (χ3n) is 5.34. The maximum atomic E-state index is 11.1. The van der Waals surface area contributed by atoms with Crippen molar-refractivity contribution in [2.24, 2.45) is 0 Å². The zero-order valence-electron chi connectivity index (χ0n) is 17.1. The molecule has 0 amide bonds. The second-order valence-electron chi connectivity index (χ2n) is 7.40. The topological polar surface area (TPSA) is 73.8 Å². The van der Waals surface area contributed by atoms with Crippen LogP contribution in [-0.2, 0) is 0 Å². The SMILES string of the molecule is Cc1nn(-c2ccc([N+](=O)[O-])cc2)c2nc(-c3ccc(Br)cc3)cc(-c3ccccc3)c12. The maximum absolute atomic E-state index is 11.1. The minimum Gasteiger partial charge on any atom is -0.258 e. The van der Waals surface area contributed by atoms with Gasteiger partial charge < -0.3 is 0 Å².